The summed E-state index contributed by atoms with van der Waals surface area (Å²) in [7, 11) is -3.51. The first-order chi connectivity index (χ1) is 9.53. The zero-order valence-electron chi connectivity index (χ0n) is 11.1. The molecule has 106 valence electrons. The van der Waals surface area contributed by atoms with Gasteiger partial charge in [0.1, 0.15) is 0 Å². The van der Waals surface area contributed by atoms with Crippen LogP contribution in [0.25, 0.3) is 0 Å². The van der Waals surface area contributed by atoms with Crippen molar-refractivity contribution in [2.24, 2.45) is 0 Å². The van der Waals surface area contributed by atoms with E-state index in [0.29, 0.717) is 11.4 Å². The van der Waals surface area contributed by atoms with Gasteiger partial charge in [0.05, 0.1) is 4.90 Å². The van der Waals surface area contributed by atoms with Crippen molar-refractivity contribution >= 4 is 21.6 Å². The third kappa shape index (κ3) is 3.60. The molecule has 1 N–H and O–H groups in total. The summed E-state index contributed by atoms with van der Waals surface area (Å²) in [5.74, 6) is 0. The summed E-state index contributed by atoms with van der Waals surface area (Å²) in [6.07, 6.45) is 0.660. The molecule has 0 spiro atoms. The Morgan fingerprint density at radius 3 is 2.20 bits per heavy atom. The minimum atomic E-state index is -3.51. The van der Waals surface area contributed by atoms with Crippen molar-refractivity contribution in [1.82, 2.24) is 4.72 Å². The Labute approximate surface area is 124 Å². The summed E-state index contributed by atoms with van der Waals surface area (Å²) >= 11 is 5.85. The number of hydrogen-bond acceptors (Lipinski definition) is 2. The van der Waals surface area contributed by atoms with Crippen LogP contribution in [0.15, 0.2) is 59.5 Å². The second-order valence-electron chi connectivity index (χ2n) is 4.45. The largest absolute Gasteiger partial charge is 0.241 e. The Hall–Kier alpha value is -1.36. The molecule has 5 heteroatoms. The predicted octanol–water partition coefficient (Wildman–Crippen LogP) is 3.77. The molecule has 20 heavy (non-hydrogen) atoms. The molecular weight excluding hydrogens is 294 g/mol. The highest BCUT2D eigenvalue weighted by Crippen LogP contribution is 2.21. The van der Waals surface area contributed by atoms with Crippen molar-refractivity contribution in [3.8, 4) is 0 Å². The molecule has 1 atom stereocenters. The van der Waals surface area contributed by atoms with Gasteiger partial charge in [-0.1, -0.05) is 48.9 Å². The van der Waals surface area contributed by atoms with E-state index >= 15 is 0 Å². The van der Waals surface area contributed by atoms with Crippen LogP contribution in [0.3, 0.4) is 0 Å². The summed E-state index contributed by atoms with van der Waals surface area (Å²) in [6.45, 7) is 1.94. The highest BCUT2D eigenvalue weighted by Gasteiger charge is 2.19. The van der Waals surface area contributed by atoms with Crippen molar-refractivity contribution in [2.45, 2.75) is 24.3 Å². The van der Waals surface area contributed by atoms with E-state index in [1.165, 1.54) is 0 Å². The second kappa shape index (κ2) is 6.39. The van der Waals surface area contributed by atoms with Crippen LogP contribution in [-0.4, -0.2) is 8.42 Å². The molecule has 0 saturated carbocycles. The summed E-state index contributed by atoms with van der Waals surface area (Å²) in [6, 6.07) is 15.3. The maximum atomic E-state index is 12.3. The average molecular weight is 310 g/mol. The van der Waals surface area contributed by atoms with Crippen LogP contribution < -0.4 is 4.72 Å². The molecule has 0 amide bonds. The van der Waals surface area contributed by atoms with Gasteiger partial charge < -0.3 is 0 Å². The van der Waals surface area contributed by atoms with Crippen LogP contribution in [-0.2, 0) is 10.0 Å². The lowest BCUT2D eigenvalue weighted by Gasteiger charge is -2.17. The SMILES string of the molecule is CCC(NS(=O)(=O)c1ccccc1)c1ccc(Cl)cc1. The zero-order valence-corrected chi connectivity index (χ0v) is 12.7. The van der Waals surface area contributed by atoms with Crippen molar-refractivity contribution in [1.29, 1.82) is 0 Å². The number of hydrogen-bond donors (Lipinski definition) is 1. The first-order valence-electron chi connectivity index (χ1n) is 6.36. The van der Waals surface area contributed by atoms with Crippen LogP contribution in [0, 0.1) is 0 Å². The lowest BCUT2D eigenvalue weighted by molar-refractivity contribution is 0.550. The van der Waals surface area contributed by atoms with Gasteiger partial charge in [-0.15, -0.1) is 0 Å². The molecule has 0 fully saturated rings. The molecule has 0 radical (unpaired) electrons. The van der Waals surface area contributed by atoms with Gasteiger partial charge >= 0.3 is 0 Å². The fraction of sp³-hybridized carbons (Fsp3) is 0.200. The molecule has 0 bridgehead atoms. The monoisotopic (exact) mass is 309 g/mol. The quantitative estimate of drug-likeness (QED) is 0.914. The van der Waals surface area contributed by atoms with E-state index in [0.717, 1.165) is 5.56 Å². The van der Waals surface area contributed by atoms with Crippen LogP contribution in [0.2, 0.25) is 5.02 Å². The summed E-state index contributed by atoms with van der Waals surface area (Å²) in [5, 5.41) is 0.634. The number of sulfonamides is 1. The fourth-order valence-corrected chi connectivity index (χ4v) is 3.39. The maximum Gasteiger partial charge on any atom is 0.241 e. The molecule has 2 aromatic carbocycles. The minimum Gasteiger partial charge on any atom is -0.207 e. The lowest BCUT2D eigenvalue weighted by Crippen LogP contribution is -2.28. The van der Waals surface area contributed by atoms with E-state index in [9.17, 15) is 8.42 Å². The lowest BCUT2D eigenvalue weighted by atomic mass is 10.1. The minimum absolute atomic E-state index is 0.266. The Balaban J connectivity index is 2.24. The van der Waals surface area contributed by atoms with Gasteiger partial charge in [0.15, 0.2) is 0 Å². The Morgan fingerprint density at radius 1 is 1.05 bits per heavy atom. The number of nitrogens with one attached hydrogen (secondary N) is 1. The van der Waals surface area contributed by atoms with Gasteiger partial charge in [-0.3, -0.25) is 0 Å². The topological polar surface area (TPSA) is 46.2 Å². The van der Waals surface area contributed by atoms with E-state index in [-0.39, 0.29) is 10.9 Å². The predicted molar refractivity (Wildman–Crippen MR) is 81.2 cm³/mol. The summed E-state index contributed by atoms with van der Waals surface area (Å²) < 4.78 is 27.3. The Kier molecular flexibility index (Phi) is 4.81. The molecule has 0 heterocycles. The molecule has 3 nitrogen and oxygen atoms in total. The molecule has 0 aliphatic carbocycles. The third-order valence-electron chi connectivity index (χ3n) is 3.03. The normalized spacial score (nSPS) is 13.1. The standard InChI is InChI=1S/C15H16ClNO2S/c1-2-15(12-8-10-13(16)11-9-12)17-20(18,19)14-6-4-3-5-7-14/h3-11,15,17H,2H2,1H3. The zero-order chi connectivity index (χ0) is 14.6. The Bertz CT molecular complexity index is 654. The molecule has 1 unspecified atom stereocenters. The van der Waals surface area contributed by atoms with Crippen molar-refractivity contribution in [3.63, 3.8) is 0 Å². The van der Waals surface area contributed by atoms with Crippen LogP contribution in [0.1, 0.15) is 24.9 Å². The first-order valence-corrected chi connectivity index (χ1v) is 8.22. The molecule has 0 aromatic heterocycles. The van der Waals surface area contributed by atoms with Crippen molar-refractivity contribution < 1.29 is 8.42 Å². The van der Waals surface area contributed by atoms with Gasteiger partial charge in [-0.25, -0.2) is 13.1 Å². The fourth-order valence-electron chi connectivity index (χ4n) is 1.94. The van der Waals surface area contributed by atoms with Gasteiger partial charge in [-0.2, -0.15) is 0 Å². The molecule has 2 aromatic rings. The van der Waals surface area contributed by atoms with Gasteiger partial charge in [-0.05, 0) is 36.2 Å². The smallest absolute Gasteiger partial charge is 0.207 e. The highest BCUT2D eigenvalue weighted by atomic mass is 35.5. The highest BCUT2D eigenvalue weighted by molar-refractivity contribution is 7.89. The molecule has 2 rings (SSSR count). The van der Waals surface area contributed by atoms with Crippen LogP contribution in [0.5, 0.6) is 0 Å². The molecule has 0 saturated heterocycles. The van der Waals surface area contributed by atoms with Crippen LogP contribution in [0.4, 0.5) is 0 Å². The average Bonchev–Trinajstić information content (AvgIpc) is 2.47. The van der Waals surface area contributed by atoms with E-state index < -0.39 is 10.0 Å². The molecule has 0 aliphatic rings. The van der Waals surface area contributed by atoms with E-state index in [4.69, 9.17) is 11.6 Å². The van der Waals surface area contributed by atoms with Crippen molar-refractivity contribution in [3.05, 3.63) is 65.2 Å². The van der Waals surface area contributed by atoms with Gasteiger partial charge in [0, 0.05) is 11.1 Å². The Morgan fingerprint density at radius 2 is 1.65 bits per heavy atom. The van der Waals surface area contributed by atoms with E-state index in [1.807, 2.05) is 19.1 Å². The number of halogens is 1. The van der Waals surface area contributed by atoms with E-state index in [1.54, 1.807) is 42.5 Å². The number of benzene rings is 2. The maximum absolute atomic E-state index is 12.3. The molecule has 0 aliphatic heterocycles. The summed E-state index contributed by atoms with van der Waals surface area (Å²) in [5.41, 5.74) is 0.899. The second-order valence-corrected chi connectivity index (χ2v) is 6.60. The first kappa shape index (κ1) is 15.0. The van der Waals surface area contributed by atoms with Crippen LogP contribution >= 0.6 is 11.6 Å². The third-order valence-corrected chi connectivity index (χ3v) is 4.77. The number of rotatable bonds is 5. The van der Waals surface area contributed by atoms with Crippen molar-refractivity contribution in [2.75, 3.05) is 0 Å². The van der Waals surface area contributed by atoms with Gasteiger partial charge in [0.2, 0.25) is 10.0 Å². The molecular formula is C15H16ClNO2S. The van der Waals surface area contributed by atoms with Gasteiger partial charge in [0.25, 0.3) is 0 Å². The van der Waals surface area contributed by atoms with E-state index in [2.05, 4.69) is 4.72 Å². The summed E-state index contributed by atoms with van der Waals surface area (Å²) in [4.78, 5) is 0.271.